The number of carbonyl (C=O) groups excluding carboxylic acids is 1. The van der Waals surface area contributed by atoms with E-state index in [9.17, 15) is 9.18 Å². The van der Waals surface area contributed by atoms with Crippen molar-refractivity contribution >= 4 is 5.91 Å². The van der Waals surface area contributed by atoms with Crippen molar-refractivity contribution in [2.45, 2.75) is 6.92 Å². The zero-order valence-corrected chi connectivity index (χ0v) is 8.54. The van der Waals surface area contributed by atoms with Crippen molar-refractivity contribution < 1.29 is 18.8 Å². The Kier molecular flexibility index (Phi) is 4.05. The molecule has 4 nitrogen and oxygen atoms in total. The van der Waals surface area contributed by atoms with E-state index in [0.717, 1.165) is 0 Å². The fourth-order valence-electron chi connectivity index (χ4n) is 0.998. The summed E-state index contributed by atoms with van der Waals surface area (Å²) in [7, 11) is 1.44. The molecule has 0 saturated heterocycles. The van der Waals surface area contributed by atoms with E-state index in [0.29, 0.717) is 12.4 Å². The van der Waals surface area contributed by atoms with Crippen LogP contribution in [-0.2, 0) is 4.84 Å². The van der Waals surface area contributed by atoms with E-state index >= 15 is 0 Å². The molecule has 5 heteroatoms. The molecule has 0 heterocycles. The molecule has 0 spiro atoms. The lowest BCUT2D eigenvalue weighted by molar-refractivity contribution is 0.0360. The van der Waals surface area contributed by atoms with Gasteiger partial charge in [-0.1, -0.05) is 0 Å². The van der Waals surface area contributed by atoms with Gasteiger partial charge in [-0.15, -0.1) is 0 Å². The van der Waals surface area contributed by atoms with Crippen LogP contribution in [0.4, 0.5) is 4.39 Å². The first-order valence-corrected chi connectivity index (χ1v) is 4.44. The molecule has 0 aliphatic carbocycles. The number of nitrogens with one attached hydrogen (secondary N) is 1. The first-order chi connectivity index (χ1) is 7.19. The van der Waals surface area contributed by atoms with Gasteiger partial charge in [0.25, 0.3) is 5.91 Å². The van der Waals surface area contributed by atoms with Crippen LogP contribution in [0.2, 0.25) is 0 Å². The van der Waals surface area contributed by atoms with Crippen LogP contribution in [0.15, 0.2) is 18.2 Å². The van der Waals surface area contributed by atoms with Gasteiger partial charge in [0.15, 0.2) is 0 Å². The number of amides is 1. The zero-order chi connectivity index (χ0) is 11.3. The highest BCUT2D eigenvalue weighted by atomic mass is 19.1. The topological polar surface area (TPSA) is 47.6 Å². The monoisotopic (exact) mass is 213 g/mol. The molecule has 1 rings (SSSR count). The molecule has 15 heavy (non-hydrogen) atoms. The molecule has 1 N–H and O–H groups in total. The number of ether oxygens (including phenoxy) is 1. The lowest BCUT2D eigenvalue weighted by Crippen LogP contribution is -2.24. The average Bonchev–Trinajstić information content (AvgIpc) is 2.26. The third-order valence-corrected chi connectivity index (χ3v) is 1.73. The second kappa shape index (κ2) is 5.31. The molecule has 0 radical (unpaired) electrons. The average molecular weight is 213 g/mol. The SMILES string of the molecule is CCONC(=O)c1cc(OC)ccc1F. The molecule has 0 aliphatic rings. The first-order valence-electron chi connectivity index (χ1n) is 4.44. The number of hydrogen-bond donors (Lipinski definition) is 1. The number of benzene rings is 1. The predicted octanol–water partition coefficient (Wildman–Crippen LogP) is 1.52. The summed E-state index contributed by atoms with van der Waals surface area (Å²) in [5.41, 5.74) is 2.00. The summed E-state index contributed by atoms with van der Waals surface area (Å²) in [6, 6.07) is 3.91. The van der Waals surface area contributed by atoms with E-state index in [1.54, 1.807) is 6.92 Å². The molecule has 0 bridgehead atoms. The number of carbonyl (C=O) groups is 1. The molecule has 0 aliphatic heterocycles. The van der Waals surface area contributed by atoms with E-state index in [-0.39, 0.29) is 5.56 Å². The van der Waals surface area contributed by atoms with Crippen molar-refractivity contribution in [3.8, 4) is 5.75 Å². The fraction of sp³-hybridized carbons (Fsp3) is 0.300. The number of methoxy groups -OCH3 is 1. The smallest absolute Gasteiger partial charge is 0.277 e. The lowest BCUT2D eigenvalue weighted by atomic mass is 10.2. The van der Waals surface area contributed by atoms with Gasteiger partial charge in [-0.3, -0.25) is 9.63 Å². The Morgan fingerprint density at radius 3 is 2.87 bits per heavy atom. The number of rotatable bonds is 4. The summed E-state index contributed by atoms with van der Waals surface area (Å²) in [6.45, 7) is 2.03. The van der Waals surface area contributed by atoms with Crippen molar-refractivity contribution in [1.82, 2.24) is 5.48 Å². The molecule has 0 aromatic heterocycles. The Hall–Kier alpha value is -1.62. The van der Waals surface area contributed by atoms with E-state index in [1.165, 1.54) is 25.3 Å². The van der Waals surface area contributed by atoms with Gasteiger partial charge >= 0.3 is 0 Å². The van der Waals surface area contributed by atoms with Crippen molar-refractivity contribution in [2.75, 3.05) is 13.7 Å². The van der Waals surface area contributed by atoms with Gasteiger partial charge in [0, 0.05) is 0 Å². The van der Waals surface area contributed by atoms with Crippen LogP contribution in [0.3, 0.4) is 0 Å². The molecule has 0 unspecified atom stereocenters. The van der Waals surface area contributed by atoms with Crippen LogP contribution in [-0.4, -0.2) is 19.6 Å². The minimum atomic E-state index is -0.631. The zero-order valence-electron chi connectivity index (χ0n) is 8.54. The van der Waals surface area contributed by atoms with Gasteiger partial charge in [0.05, 0.1) is 19.3 Å². The minimum absolute atomic E-state index is 0.109. The first kappa shape index (κ1) is 11.5. The second-order valence-corrected chi connectivity index (χ2v) is 2.71. The maximum Gasteiger partial charge on any atom is 0.277 e. The Morgan fingerprint density at radius 2 is 2.27 bits per heavy atom. The molecule has 82 valence electrons. The Morgan fingerprint density at radius 1 is 1.53 bits per heavy atom. The third-order valence-electron chi connectivity index (χ3n) is 1.73. The van der Waals surface area contributed by atoms with Crippen LogP contribution in [0, 0.1) is 5.82 Å². The number of halogens is 1. The van der Waals surface area contributed by atoms with Crippen LogP contribution in [0.25, 0.3) is 0 Å². The molecule has 1 aromatic rings. The van der Waals surface area contributed by atoms with Gasteiger partial charge < -0.3 is 4.74 Å². The summed E-state index contributed by atoms with van der Waals surface area (Å²) < 4.78 is 18.1. The van der Waals surface area contributed by atoms with Crippen LogP contribution >= 0.6 is 0 Å². The quantitative estimate of drug-likeness (QED) is 0.771. The normalized spacial score (nSPS) is 9.80. The Bertz CT molecular complexity index is 355. The molecular formula is C10H12FNO3. The van der Waals surface area contributed by atoms with Crippen molar-refractivity contribution in [3.05, 3.63) is 29.6 Å². The van der Waals surface area contributed by atoms with Gasteiger partial charge in [-0.05, 0) is 25.1 Å². The number of hydroxylamine groups is 1. The fourth-order valence-corrected chi connectivity index (χ4v) is 0.998. The lowest BCUT2D eigenvalue weighted by Gasteiger charge is -2.06. The van der Waals surface area contributed by atoms with Crippen LogP contribution in [0.1, 0.15) is 17.3 Å². The molecular weight excluding hydrogens is 201 g/mol. The van der Waals surface area contributed by atoms with E-state index in [1.807, 2.05) is 0 Å². The molecule has 1 aromatic carbocycles. The van der Waals surface area contributed by atoms with Gasteiger partial charge in [0.1, 0.15) is 11.6 Å². The predicted molar refractivity (Wildman–Crippen MR) is 52.0 cm³/mol. The van der Waals surface area contributed by atoms with Gasteiger partial charge in [0.2, 0.25) is 0 Å². The van der Waals surface area contributed by atoms with E-state index in [2.05, 4.69) is 10.3 Å². The second-order valence-electron chi connectivity index (χ2n) is 2.71. The summed E-state index contributed by atoms with van der Waals surface area (Å²) in [4.78, 5) is 16.0. The number of hydrogen-bond acceptors (Lipinski definition) is 3. The van der Waals surface area contributed by atoms with Gasteiger partial charge in [-0.25, -0.2) is 9.87 Å². The largest absolute Gasteiger partial charge is 0.497 e. The van der Waals surface area contributed by atoms with Gasteiger partial charge in [-0.2, -0.15) is 0 Å². The van der Waals surface area contributed by atoms with E-state index in [4.69, 9.17) is 4.74 Å². The summed E-state index contributed by atoms with van der Waals surface area (Å²) in [5.74, 6) is -0.834. The highest BCUT2D eigenvalue weighted by Crippen LogP contribution is 2.16. The summed E-state index contributed by atoms with van der Waals surface area (Å²) in [6.07, 6.45) is 0. The third kappa shape index (κ3) is 2.92. The molecule has 0 atom stereocenters. The van der Waals surface area contributed by atoms with Crippen LogP contribution in [0.5, 0.6) is 5.75 Å². The maximum absolute atomic E-state index is 13.2. The Labute approximate surface area is 86.9 Å². The molecule has 1 amide bonds. The van der Waals surface area contributed by atoms with Crippen molar-refractivity contribution in [1.29, 1.82) is 0 Å². The molecule has 0 saturated carbocycles. The van der Waals surface area contributed by atoms with Crippen molar-refractivity contribution in [2.24, 2.45) is 0 Å². The van der Waals surface area contributed by atoms with E-state index < -0.39 is 11.7 Å². The highest BCUT2D eigenvalue weighted by Gasteiger charge is 2.12. The summed E-state index contributed by atoms with van der Waals surface area (Å²) in [5, 5.41) is 0. The summed E-state index contributed by atoms with van der Waals surface area (Å²) >= 11 is 0. The van der Waals surface area contributed by atoms with Crippen molar-refractivity contribution in [3.63, 3.8) is 0 Å². The Balaban J connectivity index is 2.86. The maximum atomic E-state index is 13.2. The van der Waals surface area contributed by atoms with Crippen LogP contribution < -0.4 is 10.2 Å². The minimum Gasteiger partial charge on any atom is -0.497 e. The molecule has 0 fully saturated rings. The standard InChI is InChI=1S/C10H12FNO3/c1-3-15-12-10(13)8-6-7(14-2)4-5-9(8)11/h4-6H,3H2,1-2H3,(H,12,13). The highest BCUT2D eigenvalue weighted by molar-refractivity contribution is 5.94.